The minimum Gasteiger partial charge on any atom is -0.289 e. The smallest absolute Gasteiger partial charge is 0.253 e. The van der Waals surface area contributed by atoms with Gasteiger partial charge >= 0.3 is 0 Å². The maximum atomic E-state index is 13.0. The Hall–Kier alpha value is -1.93. The van der Waals surface area contributed by atoms with Crippen molar-refractivity contribution in [3.8, 4) is 0 Å². The summed E-state index contributed by atoms with van der Waals surface area (Å²) in [5, 5.41) is -0.611. The van der Waals surface area contributed by atoms with Crippen LogP contribution >= 0.6 is 11.6 Å². The van der Waals surface area contributed by atoms with Crippen molar-refractivity contribution in [2.24, 2.45) is 0 Å². The Kier molecular flexibility index (Phi) is 4.52. The third-order valence-electron chi connectivity index (χ3n) is 4.61. The molecule has 0 aliphatic carbocycles. The van der Waals surface area contributed by atoms with Crippen LogP contribution in [0.15, 0.2) is 24.3 Å². The average molecular weight is 315 g/mol. The third kappa shape index (κ3) is 2.59. The first-order chi connectivity index (χ1) is 10.3. The van der Waals surface area contributed by atoms with E-state index in [9.17, 15) is 9.59 Å². The second kappa shape index (κ2) is 6.05. The molecule has 0 amide bonds. The Bertz CT molecular complexity index is 759. The van der Waals surface area contributed by atoms with Crippen LogP contribution in [0.4, 0.5) is 0 Å². The second-order valence-corrected chi connectivity index (χ2v) is 5.99. The molecule has 0 N–H and O–H groups in total. The summed E-state index contributed by atoms with van der Waals surface area (Å²) in [6.45, 7) is 10.0. The Balaban J connectivity index is 2.74. The summed E-state index contributed by atoms with van der Waals surface area (Å²) >= 11 is 5.62. The van der Waals surface area contributed by atoms with E-state index in [-0.39, 0.29) is 11.3 Å². The normalized spacial score (nSPS) is 10.6. The van der Waals surface area contributed by atoms with Gasteiger partial charge in [-0.3, -0.25) is 9.59 Å². The van der Waals surface area contributed by atoms with Crippen molar-refractivity contribution in [1.82, 2.24) is 0 Å². The molecule has 22 heavy (non-hydrogen) atoms. The SMILES string of the molecule is Cc1c(C)c(C)c(C(=O)c2ccccc2C(=O)Cl)c(C)c1C. The van der Waals surface area contributed by atoms with Crippen molar-refractivity contribution >= 4 is 22.6 Å². The van der Waals surface area contributed by atoms with Crippen LogP contribution in [-0.4, -0.2) is 11.0 Å². The van der Waals surface area contributed by atoms with E-state index in [4.69, 9.17) is 11.6 Å². The summed E-state index contributed by atoms with van der Waals surface area (Å²) in [6, 6.07) is 6.69. The zero-order valence-corrected chi connectivity index (χ0v) is 14.3. The van der Waals surface area contributed by atoms with E-state index in [1.165, 1.54) is 5.56 Å². The van der Waals surface area contributed by atoms with Crippen LogP contribution in [0, 0.1) is 34.6 Å². The molecule has 0 spiro atoms. The van der Waals surface area contributed by atoms with E-state index < -0.39 is 5.24 Å². The number of carbonyl (C=O) groups excluding carboxylic acids is 2. The van der Waals surface area contributed by atoms with Gasteiger partial charge in [-0.25, -0.2) is 0 Å². The summed E-state index contributed by atoms with van der Waals surface area (Å²) in [6.07, 6.45) is 0. The predicted molar refractivity (Wildman–Crippen MR) is 90.2 cm³/mol. The molecule has 2 aromatic carbocycles. The van der Waals surface area contributed by atoms with Gasteiger partial charge in [0.2, 0.25) is 0 Å². The minimum absolute atomic E-state index is 0.147. The van der Waals surface area contributed by atoms with E-state index in [1.807, 2.05) is 27.7 Å². The van der Waals surface area contributed by atoms with Crippen LogP contribution < -0.4 is 0 Å². The van der Waals surface area contributed by atoms with Gasteiger partial charge in [-0.15, -0.1) is 0 Å². The molecule has 114 valence electrons. The number of halogens is 1. The fourth-order valence-electron chi connectivity index (χ4n) is 2.83. The zero-order valence-electron chi connectivity index (χ0n) is 13.5. The van der Waals surface area contributed by atoms with Gasteiger partial charge in [0, 0.05) is 16.7 Å². The van der Waals surface area contributed by atoms with Gasteiger partial charge in [-0.2, -0.15) is 0 Å². The van der Waals surface area contributed by atoms with Crippen LogP contribution in [0.1, 0.15) is 54.1 Å². The monoisotopic (exact) mass is 314 g/mol. The molecule has 2 rings (SSSR count). The summed E-state index contributed by atoms with van der Waals surface area (Å²) in [5.74, 6) is -0.147. The first kappa shape index (κ1) is 16.4. The molecule has 2 nitrogen and oxygen atoms in total. The molecule has 0 radical (unpaired) electrons. The van der Waals surface area contributed by atoms with Crippen molar-refractivity contribution in [1.29, 1.82) is 0 Å². The van der Waals surface area contributed by atoms with Crippen LogP contribution in [0.25, 0.3) is 0 Å². The van der Waals surface area contributed by atoms with Crippen molar-refractivity contribution in [2.75, 3.05) is 0 Å². The van der Waals surface area contributed by atoms with Gasteiger partial charge in [0.15, 0.2) is 5.78 Å². The molecule has 0 heterocycles. The van der Waals surface area contributed by atoms with Gasteiger partial charge in [0.1, 0.15) is 0 Å². The molecule has 2 aromatic rings. The molecule has 0 unspecified atom stereocenters. The first-order valence-electron chi connectivity index (χ1n) is 7.17. The van der Waals surface area contributed by atoms with Crippen LogP contribution in [0.3, 0.4) is 0 Å². The number of ketones is 1. The molecule has 3 heteroatoms. The maximum Gasteiger partial charge on any atom is 0.253 e. The third-order valence-corrected chi connectivity index (χ3v) is 4.81. The van der Waals surface area contributed by atoms with E-state index in [1.54, 1.807) is 24.3 Å². The second-order valence-electron chi connectivity index (χ2n) is 5.65. The Labute approximate surface area is 136 Å². The zero-order chi connectivity index (χ0) is 16.6. The Morgan fingerprint density at radius 1 is 0.727 bits per heavy atom. The molecular formula is C19H19ClO2. The van der Waals surface area contributed by atoms with Gasteiger partial charge in [-0.05, 0) is 80.1 Å². The van der Waals surface area contributed by atoms with Crippen LogP contribution in [0.5, 0.6) is 0 Å². The lowest BCUT2D eigenvalue weighted by Crippen LogP contribution is -2.13. The fourth-order valence-corrected chi connectivity index (χ4v) is 2.99. The molecule has 0 aliphatic rings. The number of rotatable bonds is 3. The minimum atomic E-state index is -0.611. The highest BCUT2D eigenvalue weighted by atomic mass is 35.5. The highest BCUT2D eigenvalue weighted by Gasteiger charge is 2.22. The standard InChI is InChI=1S/C19H19ClO2/c1-10-11(2)13(4)17(14(5)12(10)3)18(21)15-8-6-7-9-16(15)19(20)22/h6-9H,1-5H3. The number of hydrogen-bond acceptors (Lipinski definition) is 2. The van der Waals surface area contributed by atoms with Gasteiger partial charge in [-0.1, -0.05) is 18.2 Å². The van der Waals surface area contributed by atoms with Gasteiger partial charge in [0.25, 0.3) is 5.24 Å². The molecule has 0 aliphatic heterocycles. The molecule has 0 aromatic heterocycles. The largest absolute Gasteiger partial charge is 0.289 e. The number of benzene rings is 2. The molecule has 0 saturated heterocycles. The van der Waals surface area contributed by atoms with Gasteiger partial charge in [0.05, 0.1) is 0 Å². The molecule has 0 saturated carbocycles. The number of hydrogen-bond donors (Lipinski definition) is 0. The number of carbonyl (C=O) groups is 2. The molecule has 0 fully saturated rings. The Morgan fingerprint density at radius 2 is 1.14 bits per heavy atom. The highest BCUT2D eigenvalue weighted by Crippen LogP contribution is 2.29. The quantitative estimate of drug-likeness (QED) is 0.600. The first-order valence-corrected chi connectivity index (χ1v) is 7.55. The maximum absolute atomic E-state index is 13.0. The Morgan fingerprint density at radius 3 is 1.59 bits per heavy atom. The van der Waals surface area contributed by atoms with Crippen LogP contribution in [0.2, 0.25) is 0 Å². The predicted octanol–water partition coefficient (Wildman–Crippen LogP) is 4.84. The van der Waals surface area contributed by atoms with E-state index in [0.29, 0.717) is 11.1 Å². The van der Waals surface area contributed by atoms with E-state index >= 15 is 0 Å². The lowest BCUT2D eigenvalue weighted by molar-refractivity contribution is 0.102. The molecular weight excluding hydrogens is 296 g/mol. The van der Waals surface area contributed by atoms with E-state index in [2.05, 4.69) is 6.92 Å². The van der Waals surface area contributed by atoms with Crippen molar-refractivity contribution in [3.05, 3.63) is 68.8 Å². The van der Waals surface area contributed by atoms with E-state index in [0.717, 1.165) is 22.3 Å². The molecule has 0 atom stereocenters. The summed E-state index contributed by atoms with van der Waals surface area (Å²) in [7, 11) is 0. The summed E-state index contributed by atoms with van der Waals surface area (Å²) in [4.78, 5) is 24.6. The average Bonchev–Trinajstić information content (AvgIpc) is 2.51. The van der Waals surface area contributed by atoms with Crippen LogP contribution in [-0.2, 0) is 0 Å². The summed E-state index contributed by atoms with van der Waals surface area (Å²) < 4.78 is 0. The highest BCUT2D eigenvalue weighted by molar-refractivity contribution is 6.68. The van der Waals surface area contributed by atoms with Crippen molar-refractivity contribution in [2.45, 2.75) is 34.6 Å². The molecule has 0 bridgehead atoms. The summed E-state index contributed by atoms with van der Waals surface area (Å²) in [5.41, 5.74) is 6.63. The lowest BCUT2D eigenvalue weighted by Gasteiger charge is -2.18. The van der Waals surface area contributed by atoms with Crippen molar-refractivity contribution < 1.29 is 9.59 Å². The fraction of sp³-hybridized carbons (Fsp3) is 0.263. The lowest BCUT2D eigenvalue weighted by atomic mass is 9.85. The van der Waals surface area contributed by atoms with Gasteiger partial charge < -0.3 is 0 Å². The topological polar surface area (TPSA) is 34.1 Å². The van der Waals surface area contributed by atoms with Crippen molar-refractivity contribution in [3.63, 3.8) is 0 Å².